The summed E-state index contributed by atoms with van der Waals surface area (Å²) in [5.74, 6) is -0.846. The van der Waals surface area contributed by atoms with Crippen LogP contribution in [0.1, 0.15) is 219 Å². The van der Waals surface area contributed by atoms with E-state index in [1.54, 1.807) is 0 Å². The molecule has 0 amide bonds. The van der Waals surface area contributed by atoms with Gasteiger partial charge in [0.15, 0.2) is 6.10 Å². The number of hydrogen-bond donors (Lipinski definition) is 0. The smallest absolute Gasteiger partial charge is 0.306 e. The maximum atomic E-state index is 12.8. The highest BCUT2D eigenvalue weighted by Crippen LogP contribution is 2.38. The number of rotatable bonds is 50. The lowest BCUT2D eigenvalue weighted by Gasteiger charge is -2.28. The number of quaternary nitrogens is 1. The van der Waals surface area contributed by atoms with Gasteiger partial charge in [-0.3, -0.25) is 14.2 Å². The maximum absolute atomic E-state index is 12.8. The van der Waals surface area contributed by atoms with E-state index in [1.165, 1.54) is 77.0 Å². The third kappa shape index (κ3) is 54.3. The van der Waals surface area contributed by atoms with Crippen LogP contribution in [-0.2, 0) is 32.7 Å². The summed E-state index contributed by atoms with van der Waals surface area (Å²) in [6.07, 6.45) is 68.7. The molecule has 10 heteroatoms. The molecule has 0 aromatic rings. The van der Waals surface area contributed by atoms with Crippen LogP contribution in [0.4, 0.5) is 0 Å². The van der Waals surface area contributed by atoms with Gasteiger partial charge in [-0.05, 0) is 89.9 Å². The average molecular weight is 998 g/mol. The second-order valence-corrected chi connectivity index (χ2v) is 20.9. The highest BCUT2D eigenvalue weighted by Gasteiger charge is 2.21. The van der Waals surface area contributed by atoms with Crippen LogP contribution in [0.2, 0.25) is 0 Å². The van der Waals surface area contributed by atoms with Gasteiger partial charge in [0.25, 0.3) is 7.82 Å². The van der Waals surface area contributed by atoms with Crippen molar-refractivity contribution in [2.75, 3.05) is 47.5 Å². The van der Waals surface area contributed by atoms with Crippen LogP contribution in [0, 0.1) is 0 Å². The van der Waals surface area contributed by atoms with Gasteiger partial charge in [-0.15, -0.1) is 0 Å². The number of phosphoric ester groups is 1. The number of nitrogens with zero attached hydrogens (tertiary/aromatic N) is 1. The normalized spacial score (nSPS) is 14.1. The van der Waals surface area contributed by atoms with Crippen molar-refractivity contribution in [2.24, 2.45) is 0 Å². The van der Waals surface area contributed by atoms with Crippen molar-refractivity contribution in [3.63, 3.8) is 0 Å². The largest absolute Gasteiger partial charge is 0.756 e. The monoisotopic (exact) mass is 998 g/mol. The molecule has 0 heterocycles. The standard InChI is InChI=1S/C60H104NO8P/c1-6-8-10-12-14-16-18-20-22-24-26-28-30-32-34-36-38-40-42-44-46-48-50-52-59(62)66-56-58(57-68-70(64,65)67-55-54-61(3,4)5)69-60(63)53-51-49-47-45-43-41-39-37-35-33-31-29-27-25-23-21-19-17-15-13-11-9-7-2/h8-11,14-17,20-23,26-29,58H,6-7,12-13,18-19,24-25,30-57H2,1-5H3/b10-8-,11-9-,16-14-,17-15-,22-20-,23-21-,28-26-,29-27-. The molecular weight excluding hydrogens is 894 g/mol. The predicted octanol–water partition coefficient (Wildman–Crippen LogP) is 16.6. The Kier molecular flexibility index (Phi) is 48.6. The second-order valence-electron chi connectivity index (χ2n) is 19.5. The Morgan fingerprint density at radius 3 is 1.14 bits per heavy atom. The van der Waals surface area contributed by atoms with Gasteiger partial charge in [0.05, 0.1) is 27.7 Å². The first-order chi connectivity index (χ1) is 34.0. The van der Waals surface area contributed by atoms with E-state index >= 15 is 0 Å². The fourth-order valence-electron chi connectivity index (χ4n) is 7.34. The molecule has 0 aliphatic carbocycles. The number of esters is 2. The highest BCUT2D eigenvalue weighted by atomic mass is 31.2. The van der Waals surface area contributed by atoms with Crippen LogP contribution < -0.4 is 4.89 Å². The molecule has 0 aliphatic rings. The quantitative estimate of drug-likeness (QED) is 0.0195. The lowest BCUT2D eigenvalue weighted by atomic mass is 10.0. The topological polar surface area (TPSA) is 111 Å². The Labute approximate surface area is 430 Å². The molecule has 0 rings (SSSR count). The van der Waals surface area contributed by atoms with Crippen molar-refractivity contribution in [3.05, 3.63) is 97.2 Å². The van der Waals surface area contributed by atoms with Gasteiger partial charge in [-0.1, -0.05) is 214 Å². The van der Waals surface area contributed by atoms with E-state index in [0.717, 1.165) is 109 Å². The van der Waals surface area contributed by atoms with Gasteiger partial charge < -0.3 is 27.9 Å². The molecule has 0 aromatic carbocycles. The van der Waals surface area contributed by atoms with Crippen LogP contribution in [0.25, 0.3) is 0 Å². The Morgan fingerprint density at radius 1 is 0.443 bits per heavy atom. The third-order valence-corrected chi connectivity index (χ3v) is 12.6. The Bertz CT molecular complexity index is 1500. The first kappa shape index (κ1) is 66.9. The van der Waals surface area contributed by atoms with E-state index in [4.69, 9.17) is 18.5 Å². The van der Waals surface area contributed by atoms with Crippen molar-refractivity contribution >= 4 is 19.8 Å². The number of phosphoric acid groups is 1. The molecule has 2 atom stereocenters. The molecule has 9 nitrogen and oxygen atoms in total. The number of ether oxygens (including phenoxy) is 2. The van der Waals surface area contributed by atoms with E-state index in [-0.39, 0.29) is 26.1 Å². The van der Waals surface area contributed by atoms with Crippen LogP contribution in [0.3, 0.4) is 0 Å². The SMILES string of the molecule is CC/C=C\C/C=C\C/C=C\C/C=C\CCCCCCCCCCCCC(=O)OCC(COP(=O)([O-])OCC[N+](C)(C)C)OC(=O)CCCCCCCCCCCC/C=C\C/C=C\C/C=C\C/C=C\CC. The molecule has 0 radical (unpaired) electrons. The zero-order chi connectivity index (χ0) is 51.3. The molecule has 2 unspecified atom stereocenters. The molecule has 0 aromatic heterocycles. The average Bonchev–Trinajstić information content (AvgIpc) is 3.32. The van der Waals surface area contributed by atoms with E-state index in [1.807, 2.05) is 21.1 Å². The summed E-state index contributed by atoms with van der Waals surface area (Å²) < 4.78 is 34.1. The molecule has 0 saturated carbocycles. The lowest BCUT2D eigenvalue weighted by Crippen LogP contribution is -2.37. The van der Waals surface area contributed by atoms with Crippen molar-refractivity contribution in [1.82, 2.24) is 0 Å². The van der Waals surface area contributed by atoms with Gasteiger partial charge in [0.1, 0.15) is 19.8 Å². The van der Waals surface area contributed by atoms with Crippen molar-refractivity contribution in [3.8, 4) is 0 Å². The lowest BCUT2D eigenvalue weighted by molar-refractivity contribution is -0.870. The Morgan fingerprint density at radius 2 is 0.771 bits per heavy atom. The third-order valence-electron chi connectivity index (χ3n) is 11.6. The summed E-state index contributed by atoms with van der Waals surface area (Å²) in [6.45, 7) is 4.00. The Balaban J connectivity index is 4.22. The van der Waals surface area contributed by atoms with Gasteiger partial charge in [-0.2, -0.15) is 0 Å². The number of allylic oxidation sites excluding steroid dienone is 16. The number of hydrogen-bond acceptors (Lipinski definition) is 8. The molecule has 0 aliphatic heterocycles. The second kappa shape index (κ2) is 50.9. The molecule has 70 heavy (non-hydrogen) atoms. The van der Waals surface area contributed by atoms with Crippen LogP contribution in [0.5, 0.6) is 0 Å². The van der Waals surface area contributed by atoms with E-state index in [0.29, 0.717) is 17.4 Å². The maximum Gasteiger partial charge on any atom is 0.306 e. The number of carbonyl (C=O) groups is 2. The Hall–Kier alpha value is -3.07. The van der Waals surface area contributed by atoms with Gasteiger partial charge in [0.2, 0.25) is 0 Å². The minimum Gasteiger partial charge on any atom is -0.756 e. The van der Waals surface area contributed by atoms with Crippen molar-refractivity contribution in [2.45, 2.75) is 225 Å². The first-order valence-corrected chi connectivity index (χ1v) is 29.4. The van der Waals surface area contributed by atoms with Gasteiger partial charge in [-0.25, -0.2) is 0 Å². The van der Waals surface area contributed by atoms with Crippen LogP contribution >= 0.6 is 7.82 Å². The minimum atomic E-state index is -4.64. The first-order valence-electron chi connectivity index (χ1n) is 27.9. The molecule has 402 valence electrons. The van der Waals surface area contributed by atoms with Crippen molar-refractivity contribution in [1.29, 1.82) is 0 Å². The van der Waals surface area contributed by atoms with Gasteiger partial charge >= 0.3 is 11.9 Å². The number of likely N-dealkylation sites (N-methyl/N-ethyl adjacent to an activating group) is 1. The summed E-state index contributed by atoms with van der Waals surface area (Å²) in [5.41, 5.74) is 0. The zero-order valence-electron chi connectivity index (χ0n) is 45.4. The van der Waals surface area contributed by atoms with E-state index in [2.05, 4.69) is 111 Å². The van der Waals surface area contributed by atoms with Crippen molar-refractivity contribution < 1.29 is 42.1 Å². The van der Waals surface area contributed by atoms with Crippen LogP contribution in [0.15, 0.2) is 97.2 Å². The van der Waals surface area contributed by atoms with Gasteiger partial charge in [0, 0.05) is 12.8 Å². The molecule has 0 bridgehead atoms. The fraction of sp³-hybridized carbons (Fsp3) is 0.700. The highest BCUT2D eigenvalue weighted by molar-refractivity contribution is 7.45. The molecule has 0 saturated heterocycles. The summed E-state index contributed by atoms with van der Waals surface area (Å²) in [7, 11) is 1.15. The summed E-state index contributed by atoms with van der Waals surface area (Å²) in [6, 6.07) is 0. The zero-order valence-corrected chi connectivity index (χ0v) is 46.3. The van der Waals surface area contributed by atoms with Crippen LogP contribution in [-0.4, -0.2) is 70.0 Å². The molecule has 0 spiro atoms. The number of unbranched alkanes of at least 4 members (excludes halogenated alkanes) is 20. The summed E-state index contributed by atoms with van der Waals surface area (Å²) >= 11 is 0. The summed E-state index contributed by atoms with van der Waals surface area (Å²) in [5, 5.41) is 0. The molecule has 0 N–H and O–H groups in total. The fourth-order valence-corrected chi connectivity index (χ4v) is 8.07. The van der Waals surface area contributed by atoms with E-state index < -0.39 is 32.5 Å². The number of carbonyl (C=O) groups excluding carboxylic acids is 2. The predicted molar refractivity (Wildman–Crippen MR) is 295 cm³/mol. The summed E-state index contributed by atoms with van der Waals surface area (Å²) in [4.78, 5) is 37.9. The molecule has 0 fully saturated rings. The minimum absolute atomic E-state index is 0.0370. The molecular formula is C60H104NO8P. The van der Waals surface area contributed by atoms with E-state index in [9.17, 15) is 19.0 Å².